The highest BCUT2D eigenvalue weighted by Gasteiger charge is 2.20. The van der Waals surface area contributed by atoms with Crippen molar-refractivity contribution in [2.24, 2.45) is 0 Å². The first kappa shape index (κ1) is 71.2. The first-order valence-electron chi connectivity index (χ1n) is 26.0. The Morgan fingerprint density at radius 1 is 0.506 bits per heavy atom. The molecule has 24 heteroatoms. The monoisotopic (exact) mass is 1180 g/mol. The van der Waals surface area contributed by atoms with E-state index < -0.39 is 33.7 Å². The number of rotatable bonds is 28. The molecule has 0 fully saturated rings. The number of halogens is 4. The number of anilines is 2. The molecule has 20 nitrogen and oxygen atoms in total. The molecule has 4 aromatic carbocycles. The summed E-state index contributed by atoms with van der Waals surface area (Å²) in [6.07, 6.45) is 4.31. The molecular formula is C55H78Cl4N8O12. The van der Waals surface area contributed by atoms with Crippen LogP contribution < -0.4 is 11.5 Å². The van der Waals surface area contributed by atoms with Gasteiger partial charge in [-0.1, -0.05) is 101 Å². The van der Waals surface area contributed by atoms with Gasteiger partial charge in [0.05, 0.1) is 52.2 Å². The Morgan fingerprint density at radius 3 is 1.18 bits per heavy atom. The van der Waals surface area contributed by atoms with Crippen molar-refractivity contribution in [2.75, 3.05) is 111 Å². The topological polar surface area (TPSA) is 256 Å². The Morgan fingerprint density at radius 2 is 0.848 bits per heavy atom. The summed E-state index contributed by atoms with van der Waals surface area (Å²) in [6.45, 7) is 23.8. The molecule has 0 aliphatic heterocycles. The van der Waals surface area contributed by atoms with Crippen molar-refractivity contribution in [3.63, 3.8) is 0 Å². The third kappa shape index (κ3) is 28.2. The zero-order chi connectivity index (χ0) is 59.6. The number of nitro benzene ring substituents is 2. The van der Waals surface area contributed by atoms with Crippen LogP contribution in [-0.4, -0.2) is 159 Å². The van der Waals surface area contributed by atoms with Crippen LogP contribution in [0.3, 0.4) is 0 Å². The molecule has 0 saturated heterocycles. The second-order valence-corrected chi connectivity index (χ2v) is 19.4. The van der Waals surface area contributed by atoms with E-state index in [2.05, 4.69) is 56.2 Å². The third-order valence-corrected chi connectivity index (χ3v) is 12.8. The van der Waals surface area contributed by atoms with Crippen molar-refractivity contribution in [1.29, 1.82) is 0 Å². The summed E-state index contributed by atoms with van der Waals surface area (Å²) in [4.78, 5) is 76.0. The maximum absolute atomic E-state index is 12.1. The molecule has 1 atom stereocenters. The van der Waals surface area contributed by atoms with Gasteiger partial charge in [0.25, 0.3) is 11.4 Å². The van der Waals surface area contributed by atoms with E-state index in [1.807, 2.05) is 25.9 Å². The Bertz CT molecular complexity index is 2530. The molecule has 1 unspecified atom stereocenters. The zero-order valence-corrected chi connectivity index (χ0v) is 49.8. The summed E-state index contributed by atoms with van der Waals surface area (Å²) < 4.78 is 20.8. The van der Waals surface area contributed by atoms with Crippen molar-refractivity contribution in [2.45, 2.75) is 80.3 Å². The van der Waals surface area contributed by atoms with Gasteiger partial charge in [0, 0.05) is 61.8 Å². The standard InChI is InChI=1S/C17H25ClN2O4.C14H21ClN2O2.C13H19ClN2O2.C11H13ClN2O4/c1-3-5-9-19(10-6-4-2)11-12-24-17(21)15-8-7-14(20(22)23)13-16(15)18;1-4-17(5-2)9-10(3)19-14(18)12-7-6-11(16)8-13(12)15;1-3-16(4-2)7-8-18-13(17)11-6-5-10(15)9-12(11)14;1-13(2)5-6-18-11(15)9-4-3-8(14(16)17)7-10(9)12/h7-8,13H,3-6,9-12H2,1-2H3;6-8,10H,4-5,9,16H2,1-3H3;5-6,9H,3-4,7-8,15H2,1-2H3;3-4,7H,5-6H2,1-2H3. The molecule has 0 amide bonds. The van der Waals surface area contributed by atoms with E-state index in [-0.39, 0.29) is 51.9 Å². The number of ether oxygens (including phenoxy) is 4. The summed E-state index contributed by atoms with van der Waals surface area (Å²) in [5.41, 5.74) is 12.9. The van der Waals surface area contributed by atoms with Crippen molar-refractivity contribution in [3.05, 3.63) is 135 Å². The van der Waals surface area contributed by atoms with E-state index in [1.54, 1.807) is 36.4 Å². The number of nitrogen functional groups attached to an aromatic ring is 2. The van der Waals surface area contributed by atoms with Crippen molar-refractivity contribution in [3.8, 4) is 0 Å². The molecule has 0 spiro atoms. The van der Waals surface area contributed by atoms with Gasteiger partial charge in [-0.3, -0.25) is 25.1 Å². The van der Waals surface area contributed by atoms with Crippen LogP contribution in [0.1, 0.15) is 116 Å². The van der Waals surface area contributed by atoms with Crippen LogP contribution in [0.2, 0.25) is 20.1 Å². The molecular weight excluding hydrogens is 1110 g/mol. The second kappa shape index (κ2) is 39.5. The number of nitro groups is 2. The number of carbonyl (C=O) groups excluding carboxylic acids is 4. The summed E-state index contributed by atoms with van der Waals surface area (Å²) in [5.74, 6) is -1.96. The van der Waals surface area contributed by atoms with Crippen LogP contribution in [0.25, 0.3) is 0 Å². The number of hydrogen-bond donors (Lipinski definition) is 2. The maximum Gasteiger partial charge on any atom is 0.339 e. The minimum absolute atomic E-state index is 0.0130. The predicted octanol–water partition coefficient (Wildman–Crippen LogP) is 11.5. The number of esters is 4. The Balaban J connectivity index is 0.000000531. The quantitative estimate of drug-likeness (QED) is 0.0176. The van der Waals surface area contributed by atoms with Crippen LogP contribution in [0.5, 0.6) is 0 Å². The molecule has 0 heterocycles. The van der Waals surface area contributed by atoms with Gasteiger partial charge in [0.15, 0.2) is 0 Å². The predicted molar refractivity (Wildman–Crippen MR) is 314 cm³/mol. The van der Waals surface area contributed by atoms with Gasteiger partial charge in [0.2, 0.25) is 0 Å². The number of hydrogen-bond acceptors (Lipinski definition) is 18. The Labute approximate surface area is 484 Å². The number of carbonyl (C=O) groups is 4. The van der Waals surface area contributed by atoms with Crippen LogP contribution in [0, 0.1) is 20.2 Å². The molecule has 438 valence electrons. The summed E-state index contributed by atoms with van der Waals surface area (Å²) >= 11 is 23.6. The van der Waals surface area contributed by atoms with E-state index in [9.17, 15) is 39.4 Å². The lowest BCUT2D eigenvalue weighted by Crippen LogP contribution is -2.33. The molecule has 79 heavy (non-hydrogen) atoms. The highest BCUT2D eigenvalue weighted by atomic mass is 35.5. The van der Waals surface area contributed by atoms with Crippen molar-refractivity contribution in [1.82, 2.24) is 19.6 Å². The third-order valence-electron chi connectivity index (χ3n) is 11.5. The molecule has 0 aliphatic carbocycles. The maximum atomic E-state index is 12.1. The van der Waals surface area contributed by atoms with Crippen LogP contribution >= 0.6 is 46.4 Å². The van der Waals surface area contributed by atoms with Gasteiger partial charge in [-0.15, -0.1) is 0 Å². The number of unbranched alkanes of at least 4 members (excludes halogenated alkanes) is 2. The molecule has 0 radical (unpaired) electrons. The van der Waals surface area contributed by atoms with Gasteiger partial charge in [0.1, 0.15) is 25.9 Å². The van der Waals surface area contributed by atoms with Gasteiger partial charge in [-0.2, -0.15) is 0 Å². The van der Waals surface area contributed by atoms with Crippen molar-refractivity contribution >= 4 is 93.0 Å². The lowest BCUT2D eigenvalue weighted by Gasteiger charge is -2.22. The largest absolute Gasteiger partial charge is 0.461 e. The molecule has 4 aromatic rings. The van der Waals surface area contributed by atoms with Gasteiger partial charge in [-0.25, -0.2) is 19.2 Å². The fourth-order valence-electron chi connectivity index (χ4n) is 6.82. The van der Waals surface area contributed by atoms with Crippen LogP contribution in [0.4, 0.5) is 22.7 Å². The van der Waals surface area contributed by atoms with E-state index >= 15 is 0 Å². The van der Waals surface area contributed by atoms with E-state index in [0.717, 1.165) is 83.6 Å². The molecule has 4 N–H and O–H groups in total. The molecule has 0 saturated carbocycles. The fraction of sp³-hybridized carbons (Fsp3) is 0.491. The normalized spacial score (nSPS) is 11.1. The highest BCUT2D eigenvalue weighted by molar-refractivity contribution is 6.35. The first-order valence-corrected chi connectivity index (χ1v) is 27.5. The number of benzene rings is 4. The van der Waals surface area contributed by atoms with Gasteiger partial charge < -0.3 is 45.1 Å². The first-order chi connectivity index (χ1) is 37.5. The molecule has 0 bridgehead atoms. The highest BCUT2D eigenvalue weighted by Crippen LogP contribution is 2.25. The lowest BCUT2D eigenvalue weighted by molar-refractivity contribution is -0.385. The lowest BCUT2D eigenvalue weighted by atomic mass is 10.2. The second-order valence-electron chi connectivity index (χ2n) is 17.8. The summed E-state index contributed by atoms with van der Waals surface area (Å²) in [7, 11) is 3.71. The minimum atomic E-state index is -0.586. The minimum Gasteiger partial charge on any atom is -0.461 e. The zero-order valence-electron chi connectivity index (χ0n) is 46.8. The van der Waals surface area contributed by atoms with E-state index in [0.29, 0.717) is 58.8 Å². The average molecular weight is 1190 g/mol. The van der Waals surface area contributed by atoms with Crippen LogP contribution in [0.15, 0.2) is 72.8 Å². The SMILES string of the molecule is CCCCN(CCCC)CCOC(=O)c1ccc([N+](=O)[O-])cc1Cl.CCN(CC)CC(C)OC(=O)c1ccc(N)cc1Cl.CCN(CC)CCOC(=O)c1ccc(N)cc1Cl.CN(C)CCOC(=O)c1ccc([N+](=O)[O-])cc1Cl. The number of likely N-dealkylation sites (N-methyl/N-ethyl adjacent to an activating group) is 3. The Hall–Kier alpha value is -5.84. The van der Waals surface area contributed by atoms with Crippen LogP contribution in [-0.2, 0) is 18.9 Å². The van der Waals surface area contributed by atoms with Gasteiger partial charge >= 0.3 is 23.9 Å². The number of nitrogens with zero attached hydrogens (tertiary/aromatic N) is 6. The molecule has 0 aliphatic rings. The molecule has 0 aromatic heterocycles. The summed E-state index contributed by atoms with van der Waals surface area (Å²) in [6, 6.07) is 16.9. The molecule has 4 rings (SSSR count). The number of nitrogens with two attached hydrogens (primary N) is 2. The van der Waals surface area contributed by atoms with Gasteiger partial charge in [-0.05, 0) is 122 Å². The summed E-state index contributed by atoms with van der Waals surface area (Å²) in [5, 5.41) is 21.9. The Kier molecular flexibility index (Phi) is 35.6. The van der Waals surface area contributed by atoms with Crippen molar-refractivity contribution < 1.29 is 48.0 Å². The van der Waals surface area contributed by atoms with E-state index in [4.69, 9.17) is 76.8 Å². The fourth-order valence-corrected chi connectivity index (χ4v) is 7.85. The van der Waals surface area contributed by atoms with E-state index in [1.165, 1.54) is 24.3 Å². The smallest absolute Gasteiger partial charge is 0.339 e. The average Bonchev–Trinajstić information content (AvgIpc) is 3.40. The number of non-ortho nitro benzene ring substituents is 2.